The number of nitriles is 1. The summed E-state index contributed by atoms with van der Waals surface area (Å²) in [4.78, 5) is 7.12. The predicted molar refractivity (Wildman–Crippen MR) is 107 cm³/mol. The van der Waals surface area contributed by atoms with Gasteiger partial charge in [-0.2, -0.15) is 17.0 Å². The van der Waals surface area contributed by atoms with Crippen molar-refractivity contribution in [3.05, 3.63) is 58.0 Å². The number of imidazole rings is 1. The number of aryl methyl sites for hydroxylation is 1. The fourth-order valence-corrected chi connectivity index (χ4v) is 5.27. The van der Waals surface area contributed by atoms with Gasteiger partial charge in [0, 0.05) is 23.7 Å². The van der Waals surface area contributed by atoms with E-state index in [1.807, 2.05) is 13.0 Å². The molecule has 2 aromatic rings. The molecule has 2 N–H and O–H groups in total. The molecule has 0 aliphatic carbocycles. The van der Waals surface area contributed by atoms with Crippen LogP contribution in [0.4, 0.5) is 0 Å². The number of nitrogens with zero attached hydrogens (tertiary/aromatic N) is 2. The van der Waals surface area contributed by atoms with Gasteiger partial charge in [-0.05, 0) is 25.3 Å². The molecular formula is C17H20N4O2S3. The molecule has 1 aromatic carbocycles. The van der Waals surface area contributed by atoms with Crippen molar-refractivity contribution in [3.8, 4) is 6.07 Å². The molecular weight excluding hydrogens is 388 g/mol. The van der Waals surface area contributed by atoms with Crippen LogP contribution in [0.15, 0.2) is 51.5 Å². The highest BCUT2D eigenvalue weighted by atomic mass is 32.2. The Morgan fingerprint density at radius 2 is 2.08 bits per heavy atom. The van der Waals surface area contributed by atoms with Crippen molar-refractivity contribution >= 4 is 33.4 Å². The van der Waals surface area contributed by atoms with Gasteiger partial charge in [0.05, 0.1) is 21.9 Å². The summed E-state index contributed by atoms with van der Waals surface area (Å²) in [7, 11) is -3.83. The molecule has 1 aromatic heterocycles. The lowest BCUT2D eigenvalue weighted by Crippen LogP contribution is -2.19. The summed E-state index contributed by atoms with van der Waals surface area (Å²) in [6, 6.07) is 9.86. The molecule has 0 amide bonds. The number of aromatic nitrogens is 2. The molecule has 0 atom stereocenters. The average molecular weight is 409 g/mol. The van der Waals surface area contributed by atoms with Crippen LogP contribution in [0.25, 0.3) is 0 Å². The maximum atomic E-state index is 12.7. The Morgan fingerprint density at radius 3 is 2.65 bits per heavy atom. The van der Waals surface area contributed by atoms with Gasteiger partial charge in [-0.1, -0.05) is 18.2 Å². The minimum absolute atomic E-state index is 0.119. The summed E-state index contributed by atoms with van der Waals surface area (Å²) < 4.78 is 25.4. The van der Waals surface area contributed by atoms with E-state index < -0.39 is 9.84 Å². The van der Waals surface area contributed by atoms with Crippen LogP contribution in [0.5, 0.6) is 0 Å². The molecule has 1 heterocycles. The van der Waals surface area contributed by atoms with Crippen molar-refractivity contribution in [3.63, 3.8) is 0 Å². The monoisotopic (exact) mass is 408 g/mol. The molecule has 0 saturated carbocycles. The molecule has 9 heteroatoms. The molecule has 0 aliphatic heterocycles. The standard InChI is InChI=1S/C17H20N4O2S3/c1-13-15(21-12-20-13)11-25-9-8-19-17(24-2)16(10-18)26(22,23)14-6-4-3-5-7-14/h3-7,12,19H,8-9,11H2,1-2H3,(H,20,21)/b17-16+. The number of H-pyrrole nitrogens is 1. The quantitative estimate of drug-likeness (QED) is 0.486. The highest BCUT2D eigenvalue weighted by Gasteiger charge is 2.24. The van der Waals surface area contributed by atoms with Gasteiger partial charge in [0.15, 0.2) is 4.91 Å². The number of aromatic amines is 1. The van der Waals surface area contributed by atoms with Crippen molar-refractivity contribution in [2.75, 3.05) is 18.6 Å². The van der Waals surface area contributed by atoms with Gasteiger partial charge >= 0.3 is 0 Å². The minimum atomic E-state index is -3.83. The molecule has 2 rings (SSSR count). The van der Waals surface area contributed by atoms with Gasteiger partial charge in [-0.25, -0.2) is 13.4 Å². The van der Waals surface area contributed by atoms with Gasteiger partial charge in [-0.3, -0.25) is 0 Å². The Labute approximate surface area is 162 Å². The highest BCUT2D eigenvalue weighted by Crippen LogP contribution is 2.25. The number of hydrogen-bond acceptors (Lipinski definition) is 7. The lowest BCUT2D eigenvalue weighted by Gasteiger charge is -2.11. The zero-order chi connectivity index (χ0) is 19.0. The van der Waals surface area contributed by atoms with Crippen LogP contribution in [0.3, 0.4) is 0 Å². The largest absolute Gasteiger partial charge is 0.377 e. The van der Waals surface area contributed by atoms with Crippen molar-refractivity contribution in [2.24, 2.45) is 0 Å². The molecule has 138 valence electrons. The molecule has 0 spiro atoms. The first-order valence-corrected chi connectivity index (χ1v) is 11.7. The third-order valence-corrected chi connectivity index (χ3v) is 7.14. The second-order valence-electron chi connectivity index (χ2n) is 5.24. The summed E-state index contributed by atoms with van der Waals surface area (Å²) in [5.41, 5.74) is 2.07. The van der Waals surface area contributed by atoms with Crippen LogP contribution < -0.4 is 5.32 Å². The van der Waals surface area contributed by atoms with Crippen LogP contribution in [0.1, 0.15) is 11.4 Å². The Balaban J connectivity index is 2.02. The first kappa shape index (κ1) is 20.4. The highest BCUT2D eigenvalue weighted by molar-refractivity contribution is 8.04. The van der Waals surface area contributed by atoms with E-state index in [1.165, 1.54) is 23.9 Å². The molecule has 6 nitrogen and oxygen atoms in total. The van der Waals surface area contributed by atoms with Crippen LogP contribution >= 0.6 is 23.5 Å². The molecule has 0 fully saturated rings. The smallest absolute Gasteiger partial charge is 0.219 e. The lowest BCUT2D eigenvalue weighted by molar-refractivity contribution is 0.602. The summed E-state index contributed by atoms with van der Waals surface area (Å²) >= 11 is 2.93. The number of thioether (sulfide) groups is 2. The van der Waals surface area contributed by atoms with Gasteiger partial charge in [0.1, 0.15) is 6.07 Å². The van der Waals surface area contributed by atoms with Crippen LogP contribution in [0.2, 0.25) is 0 Å². The van der Waals surface area contributed by atoms with E-state index in [1.54, 1.807) is 42.5 Å². The number of nitrogens with one attached hydrogen (secondary N) is 2. The van der Waals surface area contributed by atoms with Crippen molar-refractivity contribution in [2.45, 2.75) is 17.6 Å². The number of hydrogen-bond donors (Lipinski definition) is 2. The van der Waals surface area contributed by atoms with Crippen molar-refractivity contribution < 1.29 is 8.42 Å². The fourth-order valence-electron chi connectivity index (χ4n) is 2.14. The van der Waals surface area contributed by atoms with Gasteiger partial charge in [0.25, 0.3) is 0 Å². The second-order valence-corrected chi connectivity index (χ2v) is 9.04. The molecule has 0 bridgehead atoms. The van der Waals surface area contributed by atoms with E-state index in [-0.39, 0.29) is 9.80 Å². The van der Waals surface area contributed by atoms with Gasteiger partial charge < -0.3 is 10.3 Å². The Kier molecular flexibility index (Phi) is 7.63. The normalized spacial score (nSPS) is 12.3. The van der Waals surface area contributed by atoms with E-state index in [0.29, 0.717) is 11.6 Å². The van der Waals surface area contributed by atoms with E-state index in [4.69, 9.17) is 0 Å². The zero-order valence-electron chi connectivity index (χ0n) is 14.5. The molecule has 0 radical (unpaired) electrons. The second kappa shape index (κ2) is 9.71. The summed E-state index contributed by atoms with van der Waals surface area (Å²) in [6.45, 7) is 2.51. The summed E-state index contributed by atoms with van der Waals surface area (Å²) in [5, 5.41) is 12.9. The molecule has 26 heavy (non-hydrogen) atoms. The maximum absolute atomic E-state index is 12.7. The van der Waals surface area contributed by atoms with E-state index in [2.05, 4.69) is 15.3 Å². The van der Waals surface area contributed by atoms with Crippen LogP contribution in [0, 0.1) is 18.3 Å². The van der Waals surface area contributed by atoms with Crippen LogP contribution in [-0.4, -0.2) is 36.9 Å². The number of sulfone groups is 1. The summed E-state index contributed by atoms with van der Waals surface area (Å²) in [5.74, 6) is 1.58. The number of benzene rings is 1. The third-order valence-electron chi connectivity index (χ3n) is 3.55. The summed E-state index contributed by atoms with van der Waals surface area (Å²) in [6.07, 6.45) is 3.42. The SMILES string of the molecule is CS/C(NCCSCc1[nH]cnc1C)=C(\C#N)S(=O)(=O)c1ccccc1. The van der Waals surface area contributed by atoms with E-state index in [0.717, 1.165) is 22.9 Å². The first-order chi connectivity index (χ1) is 12.5. The maximum Gasteiger partial charge on any atom is 0.219 e. The Hall–Kier alpha value is -1.89. The topological polar surface area (TPSA) is 98.6 Å². The lowest BCUT2D eigenvalue weighted by atomic mass is 10.4. The molecule has 0 unspecified atom stereocenters. The fraction of sp³-hybridized carbons (Fsp3) is 0.294. The average Bonchev–Trinajstić information content (AvgIpc) is 3.06. The van der Waals surface area contributed by atoms with E-state index >= 15 is 0 Å². The Morgan fingerprint density at radius 1 is 1.35 bits per heavy atom. The number of allylic oxidation sites excluding steroid dienone is 1. The Bertz CT molecular complexity index is 900. The van der Waals surface area contributed by atoms with Crippen LogP contribution in [-0.2, 0) is 15.6 Å². The predicted octanol–water partition coefficient (Wildman–Crippen LogP) is 3.07. The van der Waals surface area contributed by atoms with Crippen molar-refractivity contribution in [1.82, 2.24) is 15.3 Å². The molecule has 0 saturated heterocycles. The number of rotatable bonds is 9. The first-order valence-electron chi connectivity index (χ1n) is 7.79. The third kappa shape index (κ3) is 5.06. The van der Waals surface area contributed by atoms with Crippen molar-refractivity contribution in [1.29, 1.82) is 5.26 Å². The van der Waals surface area contributed by atoms with Gasteiger partial charge in [0.2, 0.25) is 9.84 Å². The van der Waals surface area contributed by atoms with E-state index in [9.17, 15) is 13.7 Å². The minimum Gasteiger partial charge on any atom is -0.377 e. The molecule has 0 aliphatic rings. The zero-order valence-corrected chi connectivity index (χ0v) is 17.0. The van der Waals surface area contributed by atoms with Gasteiger partial charge in [-0.15, -0.1) is 11.8 Å².